The van der Waals surface area contributed by atoms with Crippen LogP contribution in [-0.4, -0.2) is 11.9 Å². The second-order valence-corrected chi connectivity index (χ2v) is 7.71. The monoisotopic (exact) mass is 360 g/mol. The van der Waals surface area contributed by atoms with Crippen molar-refractivity contribution in [1.82, 2.24) is 0 Å². The molecule has 1 unspecified atom stereocenters. The van der Waals surface area contributed by atoms with Gasteiger partial charge in [-0.05, 0) is 60.9 Å². The minimum atomic E-state index is -0.657. The maximum absolute atomic E-state index is 12.7. The number of nitrogens with one attached hydrogen (secondary N) is 1. The molecular weight excluding hydrogens is 336 g/mol. The maximum Gasteiger partial charge on any atom is 0.226 e. The van der Waals surface area contributed by atoms with E-state index in [1.54, 1.807) is 6.07 Å². The molecule has 0 saturated heterocycles. The predicted octanol–water partition coefficient (Wildman–Crippen LogP) is 2.87. The third-order valence-electron chi connectivity index (χ3n) is 6.49. The van der Waals surface area contributed by atoms with E-state index in [9.17, 15) is 4.79 Å². The first kappa shape index (κ1) is 17.6. The normalized spacial score (nSPS) is 27.4. The number of hydrogen-bond donors (Lipinski definition) is 3. The minimum Gasteiger partial charge on any atom is -0.381 e. The SMILES string of the molecule is N#Cc1cccc(C(N)[C@H]2CC[C@]2(C(N)=O)[C@H]2CCc3ccccc3N2)c1. The molecule has 0 bridgehead atoms. The van der Waals surface area contributed by atoms with Gasteiger partial charge in [0.2, 0.25) is 5.91 Å². The molecule has 1 fully saturated rings. The van der Waals surface area contributed by atoms with E-state index < -0.39 is 5.41 Å². The standard InChI is InChI=1S/C22H24N4O/c23-13-14-4-3-6-16(12-14)20(24)17-10-11-22(17,21(25)27)19-9-8-15-5-1-2-7-18(15)26-19/h1-7,12,17,19-20,26H,8-11,24H2,(H2,25,27)/t17-,19-,20?,22-/m1/s1. The zero-order valence-corrected chi connectivity index (χ0v) is 15.2. The van der Waals surface area contributed by atoms with Gasteiger partial charge in [-0.3, -0.25) is 4.79 Å². The van der Waals surface area contributed by atoms with Crippen molar-refractivity contribution in [1.29, 1.82) is 5.26 Å². The molecule has 1 heterocycles. The molecule has 5 nitrogen and oxygen atoms in total. The van der Waals surface area contributed by atoms with Gasteiger partial charge in [0, 0.05) is 17.8 Å². The van der Waals surface area contributed by atoms with Crippen molar-refractivity contribution >= 4 is 11.6 Å². The molecular formula is C22H24N4O. The second kappa shape index (κ2) is 6.71. The molecule has 4 atom stereocenters. The van der Waals surface area contributed by atoms with Crippen LogP contribution in [0.5, 0.6) is 0 Å². The van der Waals surface area contributed by atoms with Gasteiger partial charge in [-0.2, -0.15) is 5.26 Å². The van der Waals surface area contributed by atoms with E-state index in [1.165, 1.54) is 5.56 Å². The highest BCUT2D eigenvalue weighted by atomic mass is 16.1. The number of fused-ring (bicyclic) bond motifs is 1. The lowest BCUT2D eigenvalue weighted by Crippen LogP contribution is -2.62. The van der Waals surface area contributed by atoms with E-state index >= 15 is 0 Å². The summed E-state index contributed by atoms with van der Waals surface area (Å²) in [6.45, 7) is 0. The zero-order valence-electron chi connectivity index (χ0n) is 15.2. The Morgan fingerprint density at radius 3 is 2.74 bits per heavy atom. The minimum absolute atomic E-state index is 0.0196. The number of para-hydroxylation sites is 1. The average molecular weight is 360 g/mol. The molecule has 1 amide bonds. The number of rotatable bonds is 4. The Kier molecular flexibility index (Phi) is 4.37. The first-order chi connectivity index (χ1) is 13.1. The molecule has 2 aromatic carbocycles. The number of nitrogens with zero attached hydrogens (tertiary/aromatic N) is 1. The van der Waals surface area contributed by atoms with Crippen LogP contribution in [-0.2, 0) is 11.2 Å². The van der Waals surface area contributed by atoms with Crippen LogP contribution in [0.2, 0.25) is 0 Å². The van der Waals surface area contributed by atoms with Crippen molar-refractivity contribution < 1.29 is 4.79 Å². The Bertz CT molecular complexity index is 919. The van der Waals surface area contributed by atoms with Gasteiger partial charge in [-0.25, -0.2) is 0 Å². The lowest BCUT2D eigenvalue weighted by molar-refractivity contribution is -0.142. The van der Waals surface area contributed by atoms with Crippen molar-refractivity contribution in [2.75, 3.05) is 5.32 Å². The summed E-state index contributed by atoms with van der Waals surface area (Å²) in [7, 11) is 0. The molecule has 2 aliphatic rings. The van der Waals surface area contributed by atoms with Crippen LogP contribution in [0.25, 0.3) is 0 Å². The summed E-state index contributed by atoms with van der Waals surface area (Å²) in [6.07, 6.45) is 3.40. The third kappa shape index (κ3) is 2.77. The highest BCUT2D eigenvalue weighted by Crippen LogP contribution is 2.56. The Balaban J connectivity index is 1.64. The fourth-order valence-electron chi connectivity index (χ4n) is 4.91. The zero-order chi connectivity index (χ0) is 19.0. The maximum atomic E-state index is 12.7. The molecule has 1 aliphatic heterocycles. The molecule has 1 saturated carbocycles. The number of anilines is 1. The topological polar surface area (TPSA) is 105 Å². The van der Waals surface area contributed by atoms with E-state index in [0.717, 1.165) is 36.9 Å². The molecule has 0 aromatic heterocycles. The number of amides is 1. The van der Waals surface area contributed by atoms with E-state index in [1.807, 2.05) is 30.3 Å². The smallest absolute Gasteiger partial charge is 0.226 e. The van der Waals surface area contributed by atoms with E-state index in [2.05, 4.69) is 23.5 Å². The number of hydrogen-bond acceptors (Lipinski definition) is 4. The van der Waals surface area contributed by atoms with Gasteiger partial charge in [-0.1, -0.05) is 30.3 Å². The summed E-state index contributed by atoms with van der Waals surface area (Å²) in [5, 5.41) is 12.7. The Hall–Kier alpha value is -2.84. The van der Waals surface area contributed by atoms with Crippen molar-refractivity contribution in [3.63, 3.8) is 0 Å². The average Bonchev–Trinajstić information content (AvgIpc) is 2.67. The molecule has 1 aliphatic carbocycles. The van der Waals surface area contributed by atoms with Gasteiger partial charge in [-0.15, -0.1) is 0 Å². The Morgan fingerprint density at radius 2 is 2.04 bits per heavy atom. The summed E-state index contributed by atoms with van der Waals surface area (Å²) in [6, 6.07) is 17.4. The van der Waals surface area contributed by atoms with Crippen molar-refractivity contribution in [2.45, 2.75) is 37.8 Å². The van der Waals surface area contributed by atoms with Crippen LogP contribution < -0.4 is 16.8 Å². The van der Waals surface area contributed by atoms with Crippen LogP contribution in [0.1, 0.15) is 42.0 Å². The summed E-state index contributed by atoms with van der Waals surface area (Å²) in [4.78, 5) is 12.7. The highest BCUT2D eigenvalue weighted by molar-refractivity contribution is 5.84. The third-order valence-corrected chi connectivity index (χ3v) is 6.49. The second-order valence-electron chi connectivity index (χ2n) is 7.71. The number of primary amides is 1. The molecule has 5 N–H and O–H groups in total. The Labute approximate surface area is 159 Å². The number of aryl methyl sites for hydroxylation is 1. The van der Waals surface area contributed by atoms with Gasteiger partial charge < -0.3 is 16.8 Å². The van der Waals surface area contributed by atoms with E-state index in [4.69, 9.17) is 16.7 Å². The van der Waals surface area contributed by atoms with E-state index in [-0.39, 0.29) is 23.9 Å². The number of nitriles is 1. The first-order valence-electron chi connectivity index (χ1n) is 9.46. The molecule has 27 heavy (non-hydrogen) atoms. The fraction of sp³-hybridized carbons (Fsp3) is 0.364. The van der Waals surface area contributed by atoms with Crippen molar-refractivity contribution in [3.8, 4) is 6.07 Å². The quantitative estimate of drug-likeness (QED) is 0.779. The molecule has 138 valence electrons. The van der Waals surface area contributed by atoms with Gasteiger partial charge in [0.05, 0.1) is 17.0 Å². The van der Waals surface area contributed by atoms with Gasteiger partial charge >= 0.3 is 0 Å². The molecule has 5 heteroatoms. The summed E-state index contributed by atoms with van der Waals surface area (Å²) in [5.41, 5.74) is 15.7. The molecule has 4 rings (SSSR count). The highest BCUT2D eigenvalue weighted by Gasteiger charge is 2.58. The van der Waals surface area contributed by atoms with Gasteiger partial charge in [0.1, 0.15) is 0 Å². The van der Waals surface area contributed by atoms with Crippen LogP contribution in [0.4, 0.5) is 5.69 Å². The van der Waals surface area contributed by atoms with Gasteiger partial charge in [0.25, 0.3) is 0 Å². The lowest BCUT2D eigenvalue weighted by atomic mass is 9.52. The lowest BCUT2D eigenvalue weighted by Gasteiger charge is -2.55. The Morgan fingerprint density at radius 1 is 1.22 bits per heavy atom. The van der Waals surface area contributed by atoms with Crippen LogP contribution in [0.15, 0.2) is 48.5 Å². The van der Waals surface area contributed by atoms with E-state index in [0.29, 0.717) is 5.56 Å². The number of nitrogens with two attached hydrogens (primary N) is 2. The number of benzene rings is 2. The molecule has 0 spiro atoms. The largest absolute Gasteiger partial charge is 0.381 e. The summed E-state index contributed by atoms with van der Waals surface area (Å²) >= 11 is 0. The number of carbonyl (C=O) groups is 1. The molecule has 0 radical (unpaired) electrons. The van der Waals surface area contributed by atoms with Gasteiger partial charge in [0.15, 0.2) is 0 Å². The van der Waals surface area contributed by atoms with Crippen LogP contribution in [0.3, 0.4) is 0 Å². The predicted molar refractivity (Wildman–Crippen MR) is 105 cm³/mol. The summed E-state index contributed by atoms with van der Waals surface area (Å²) < 4.78 is 0. The fourth-order valence-corrected chi connectivity index (χ4v) is 4.91. The summed E-state index contributed by atoms with van der Waals surface area (Å²) in [5.74, 6) is -0.311. The first-order valence-corrected chi connectivity index (χ1v) is 9.46. The van der Waals surface area contributed by atoms with Crippen molar-refractivity contribution in [3.05, 3.63) is 65.2 Å². The van der Waals surface area contributed by atoms with Crippen LogP contribution >= 0.6 is 0 Å². The molecule has 2 aromatic rings. The number of carbonyl (C=O) groups excluding carboxylic acids is 1. The van der Waals surface area contributed by atoms with Crippen molar-refractivity contribution in [2.24, 2.45) is 22.8 Å². The van der Waals surface area contributed by atoms with Crippen LogP contribution in [0, 0.1) is 22.7 Å².